The monoisotopic (exact) mass is 328 g/mol. The highest BCUT2D eigenvalue weighted by Crippen LogP contribution is 2.20. The van der Waals surface area contributed by atoms with E-state index in [2.05, 4.69) is 5.32 Å². The average Bonchev–Trinajstić information content (AvgIpc) is 3.09. The third-order valence-corrected chi connectivity index (χ3v) is 4.28. The SMILES string of the molecule is Cc1ccc(C(=O)NC2CCN(C(=O)c3ccoc3)CC2)c(O)c1. The number of carbonyl (C=O) groups excluding carboxylic acids is 2. The molecule has 0 atom stereocenters. The van der Waals surface area contributed by atoms with Crippen LogP contribution in [0.4, 0.5) is 0 Å². The van der Waals surface area contributed by atoms with E-state index in [1.54, 1.807) is 29.2 Å². The number of nitrogens with one attached hydrogen (secondary N) is 1. The van der Waals surface area contributed by atoms with Crippen LogP contribution in [-0.2, 0) is 0 Å². The summed E-state index contributed by atoms with van der Waals surface area (Å²) in [6.45, 7) is 3.01. The minimum absolute atomic E-state index is 0.00778. The molecule has 1 aromatic carbocycles. The number of likely N-dealkylation sites (tertiary alicyclic amines) is 1. The second-order valence-corrected chi connectivity index (χ2v) is 6.07. The molecule has 2 heterocycles. The molecule has 6 heteroatoms. The Morgan fingerprint density at radius 2 is 2.00 bits per heavy atom. The molecule has 1 saturated heterocycles. The smallest absolute Gasteiger partial charge is 0.257 e. The largest absolute Gasteiger partial charge is 0.507 e. The van der Waals surface area contributed by atoms with Gasteiger partial charge in [0.1, 0.15) is 12.0 Å². The number of rotatable bonds is 3. The normalized spacial score (nSPS) is 15.3. The second-order valence-electron chi connectivity index (χ2n) is 6.07. The summed E-state index contributed by atoms with van der Waals surface area (Å²) in [7, 11) is 0. The molecule has 24 heavy (non-hydrogen) atoms. The summed E-state index contributed by atoms with van der Waals surface area (Å²) in [6, 6.07) is 6.63. The molecule has 0 spiro atoms. The maximum Gasteiger partial charge on any atom is 0.257 e. The standard InChI is InChI=1S/C18H20N2O4/c1-12-2-3-15(16(21)10-12)17(22)19-14-4-7-20(8-5-14)18(23)13-6-9-24-11-13/h2-3,6,9-11,14,21H,4-5,7-8H2,1H3,(H,19,22). The first-order valence-electron chi connectivity index (χ1n) is 7.96. The molecule has 2 N–H and O–H groups in total. The summed E-state index contributed by atoms with van der Waals surface area (Å²) in [5.41, 5.74) is 1.72. The molecular weight excluding hydrogens is 308 g/mol. The number of hydrogen-bond donors (Lipinski definition) is 2. The molecule has 126 valence electrons. The van der Waals surface area contributed by atoms with Crippen molar-refractivity contribution in [1.82, 2.24) is 10.2 Å². The Labute approximate surface area is 140 Å². The van der Waals surface area contributed by atoms with Gasteiger partial charge in [-0.1, -0.05) is 6.07 Å². The summed E-state index contributed by atoms with van der Waals surface area (Å²) in [5.74, 6) is -0.350. The van der Waals surface area contributed by atoms with Gasteiger partial charge < -0.3 is 19.7 Å². The van der Waals surface area contributed by atoms with Gasteiger partial charge in [-0.15, -0.1) is 0 Å². The van der Waals surface area contributed by atoms with Crippen LogP contribution in [-0.4, -0.2) is 41.0 Å². The molecule has 3 rings (SSSR count). The number of aromatic hydroxyl groups is 1. The Morgan fingerprint density at radius 3 is 2.62 bits per heavy atom. The number of phenols is 1. The fourth-order valence-electron chi connectivity index (χ4n) is 2.89. The zero-order valence-electron chi connectivity index (χ0n) is 13.5. The van der Waals surface area contributed by atoms with Crippen LogP contribution in [0.5, 0.6) is 5.75 Å². The first-order chi connectivity index (χ1) is 11.5. The van der Waals surface area contributed by atoms with Crippen LogP contribution < -0.4 is 5.32 Å². The number of amides is 2. The quantitative estimate of drug-likeness (QED) is 0.906. The summed E-state index contributed by atoms with van der Waals surface area (Å²) in [6.07, 6.45) is 4.29. The Morgan fingerprint density at radius 1 is 1.25 bits per heavy atom. The van der Waals surface area contributed by atoms with E-state index < -0.39 is 0 Å². The number of aryl methyl sites for hydroxylation is 1. The van der Waals surface area contributed by atoms with Crippen molar-refractivity contribution in [3.05, 3.63) is 53.5 Å². The average molecular weight is 328 g/mol. The van der Waals surface area contributed by atoms with E-state index in [0.717, 1.165) is 5.56 Å². The van der Waals surface area contributed by atoms with Gasteiger partial charge in [0.2, 0.25) is 0 Å². The number of phenolic OH excluding ortho intramolecular Hbond substituents is 1. The molecule has 1 aliphatic rings. The number of hydrogen-bond acceptors (Lipinski definition) is 4. The Hall–Kier alpha value is -2.76. The predicted octanol–water partition coefficient (Wildman–Crippen LogP) is 2.33. The Kier molecular flexibility index (Phi) is 4.55. The van der Waals surface area contributed by atoms with E-state index in [1.165, 1.54) is 12.5 Å². The topological polar surface area (TPSA) is 82.8 Å². The maximum absolute atomic E-state index is 12.3. The van der Waals surface area contributed by atoms with Crippen molar-refractivity contribution in [2.45, 2.75) is 25.8 Å². The van der Waals surface area contributed by atoms with Crippen molar-refractivity contribution in [2.75, 3.05) is 13.1 Å². The molecule has 0 saturated carbocycles. The highest BCUT2D eigenvalue weighted by molar-refractivity contribution is 5.97. The third kappa shape index (κ3) is 3.42. The van der Waals surface area contributed by atoms with Crippen molar-refractivity contribution >= 4 is 11.8 Å². The first-order valence-corrected chi connectivity index (χ1v) is 7.96. The first kappa shape index (κ1) is 16.1. The molecule has 2 aromatic rings. The lowest BCUT2D eigenvalue weighted by Crippen LogP contribution is -2.46. The Balaban J connectivity index is 1.55. The number of carbonyl (C=O) groups is 2. The van der Waals surface area contributed by atoms with Crippen LogP contribution in [0.3, 0.4) is 0 Å². The van der Waals surface area contributed by atoms with Gasteiger partial charge in [-0.2, -0.15) is 0 Å². The summed E-state index contributed by atoms with van der Waals surface area (Å²) < 4.78 is 4.94. The van der Waals surface area contributed by atoms with E-state index in [-0.39, 0.29) is 29.2 Å². The predicted molar refractivity (Wildman–Crippen MR) is 87.9 cm³/mol. The maximum atomic E-state index is 12.3. The molecule has 0 bridgehead atoms. The molecule has 1 fully saturated rings. The van der Waals surface area contributed by atoms with Crippen molar-refractivity contribution in [2.24, 2.45) is 0 Å². The van der Waals surface area contributed by atoms with Crippen LogP contribution in [0.1, 0.15) is 39.1 Å². The van der Waals surface area contributed by atoms with Crippen LogP contribution in [0.25, 0.3) is 0 Å². The minimum atomic E-state index is -0.285. The lowest BCUT2D eigenvalue weighted by atomic mass is 10.0. The van der Waals surface area contributed by atoms with Gasteiger partial charge in [0.05, 0.1) is 17.4 Å². The number of piperidine rings is 1. The van der Waals surface area contributed by atoms with E-state index >= 15 is 0 Å². The molecule has 0 unspecified atom stereocenters. The van der Waals surface area contributed by atoms with E-state index in [1.807, 2.05) is 6.92 Å². The van der Waals surface area contributed by atoms with Gasteiger partial charge in [-0.05, 0) is 43.5 Å². The highest BCUT2D eigenvalue weighted by Gasteiger charge is 2.25. The van der Waals surface area contributed by atoms with Gasteiger partial charge in [0.15, 0.2) is 0 Å². The summed E-state index contributed by atoms with van der Waals surface area (Å²) >= 11 is 0. The lowest BCUT2D eigenvalue weighted by Gasteiger charge is -2.32. The van der Waals surface area contributed by atoms with E-state index in [9.17, 15) is 14.7 Å². The van der Waals surface area contributed by atoms with E-state index in [4.69, 9.17) is 4.42 Å². The van der Waals surface area contributed by atoms with Crippen LogP contribution in [0, 0.1) is 6.92 Å². The zero-order valence-corrected chi connectivity index (χ0v) is 13.5. The molecule has 1 aromatic heterocycles. The van der Waals surface area contributed by atoms with Gasteiger partial charge in [0, 0.05) is 19.1 Å². The molecule has 2 amide bonds. The third-order valence-electron chi connectivity index (χ3n) is 4.28. The zero-order chi connectivity index (χ0) is 17.1. The van der Waals surface area contributed by atoms with Gasteiger partial charge in [-0.3, -0.25) is 9.59 Å². The van der Waals surface area contributed by atoms with Crippen LogP contribution in [0.15, 0.2) is 41.2 Å². The summed E-state index contributed by atoms with van der Waals surface area (Å²) in [4.78, 5) is 26.3. The fourth-order valence-corrected chi connectivity index (χ4v) is 2.89. The van der Waals surface area contributed by atoms with Crippen molar-refractivity contribution in [3.63, 3.8) is 0 Å². The van der Waals surface area contributed by atoms with Crippen molar-refractivity contribution < 1.29 is 19.1 Å². The van der Waals surface area contributed by atoms with Gasteiger partial charge in [-0.25, -0.2) is 0 Å². The molecule has 0 aliphatic carbocycles. The van der Waals surface area contributed by atoms with Crippen LogP contribution in [0.2, 0.25) is 0 Å². The number of furan rings is 1. The van der Waals surface area contributed by atoms with Crippen molar-refractivity contribution in [1.29, 1.82) is 0 Å². The molecule has 6 nitrogen and oxygen atoms in total. The van der Waals surface area contributed by atoms with Crippen LogP contribution >= 0.6 is 0 Å². The van der Waals surface area contributed by atoms with Gasteiger partial charge in [0.25, 0.3) is 11.8 Å². The lowest BCUT2D eigenvalue weighted by molar-refractivity contribution is 0.0697. The highest BCUT2D eigenvalue weighted by atomic mass is 16.3. The van der Waals surface area contributed by atoms with Gasteiger partial charge >= 0.3 is 0 Å². The molecule has 1 aliphatic heterocycles. The second kappa shape index (κ2) is 6.78. The minimum Gasteiger partial charge on any atom is -0.507 e. The number of benzene rings is 1. The molecule has 0 radical (unpaired) electrons. The number of nitrogens with zero attached hydrogens (tertiary/aromatic N) is 1. The van der Waals surface area contributed by atoms with Crippen molar-refractivity contribution in [3.8, 4) is 5.75 Å². The summed E-state index contributed by atoms with van der Waals surface area (Å²) in [5, 5.41) is 12.8. The Bertz CT molecular complexity index is 731. The molecular formula is C18H20N2O4. The fraction of sp³-hybridized carbons (Fsp3) is 0.333. The van der Waals surface area contributed by atoms with E-state index in [0.29, 0.717) is 31.5 Å².